The second-order valence-corrected chi connectivity index (χ2v) is 1.94. The molecule has 0 aliphatic rings. The number of carbonyl (C=O) groups is 3. The third-order valence-electron chi connectivity index (χ3n) is 0.994. The average Bonchev–Trinajstić information content (AvgIpc) is 2.11. The summed E-state index contributed by atoms with van der Waals surface area (Å²) in [5.74, 6) is -3.41. The maximum Gasteiger partial charge on any atom is 0.417 e. The van der Waals surface area contributed by atoms with Crippen LogP contribution in [0, 0.1) is 0 Å². The molecule has 2 N–H and O–H groups in total. The predicted molar refractivity (Wildman–Crippen MR) is 41.8 cm³/mol. The van der Waals surface area contributed by atoms with E-state index in [0.29, 0.717) is 0 Å². The number of carboxylic acids is 1. The van der Waals surface area contributed by atoms with Crippen molar-refractivity contribution in [2.45, 2.75) is 0 Å². The van der Waals surface area contributed by atoms with E-state index < -0.39 is 17.8 Å². The number of ether oxygens (including phenoxy) is 1. The van der Waals surface area contributed by atoms with Crippen LogP contribution in [-0.2, 0) is 19.1 Å². The number of hydrogen-bond acceptors (Lipinski definition) is 4. The van der Waals surface area contributed by atoms with Crippen LogP contribution in [0.3, 0.4) is 0 Å². The summed E-state index contributed by atoms with van der Waals surface area (Å²) in [5.41, 5.74) is 0. The van der Waals surface area contributed by atoms with Crippen molar-refractivity contribution < 1.29 is 24.2 Å². The molecular weight excluding hydrogens is 178 g/mol. The van der Waals surface area contributed by atoms with Gasteiger partial charge in [0.1, 0.15) is 6.61 Å². The Morgan fingerprint density at radius 2 is 2.08 bits per heavy atom. The van der Waals surface area contributed by atoms with E-state index in [1.807, 2.05) is 0 Å². The Labute approximate surface area is 74.2 Å². The van der Waals surface area contributed by atoms with Gasteiger partial charge in [0.15, 0.2) is 0 Å². The lowest BCUT2D eigenvalue weighted by Crippen LogP contribution is -2.27. The molecule has 0 rings (SSSR count). The van der Waals surface area contributed by atoms with Gasteiger partial charge in [0.25, 0.3) is 0 Å². The van der Waals surface area contributed by atoms with E-state index in [0.717, 1.165) is 6.08 Å². The number of aliphatic carboxylic acids is 1. The minimum Gasteiger partial charge on any atom is -0.473 e. The number of esters is 1. The summed E-state index contributed by atoms with van der Waals surface area (Å²) in [6.45, 7) is 3.07. The highest BCUT2D eigenvalue weighted by atomic mass is 16.6. The van der Waals surface area contributed by atoms with Crippen LogP contribution in [0.15, 0.2) is 12.7 Å². The molecule has 1 amide bonds. The molecule has 0 radical (unpaired) electrons. The SMILES string of the molecule is C=CC(=O)NCCOC(=O)C(=O)O. The molecule has 6 nitrogen and oxygen atoms in total. The first-order valence-corrected chi connectivity index (χ1v) is 3.38. The van der Waals surface area contributed by atoms with E-state index in [9.17, 15) is 14.4 Å². The number of hydrogen-bond donors (Lipinski definition) is 2. The van der Waals surface area contributed by atoms with Gasteiger partial charge in [-0.05, 0) is 6.08 Å². The Morgan fingerprint density at radius 3 is 2.54 bits per heavy atom. The third kappa shape index (κ3) is 5.42. The largest absolute Gasteiger partial charge is 0.473 e. The summed E-state index contributed by atoms with van der Waals surface area (Å²) in [7, 11) is 0. The zero-order valence-electron chi connectivity index (χ0n) is 6.78. The molecule has 0 spiro atoms. The fourth-order valence-corrected chi connectivity index (χ4v) is 0.452. The summed E-state index contributed by atoms with van der Waals surface area (Å²) in [6, 6.07) is 0. The smallest absolute Gasteiger partial charge is 0.417 e. The highest BCUT2D eigenvalue weighted by Gasteiger charge is 2.11. The fourth-order valence-electron chi connectivity index (χ4n) is 0.452. The molecule has 0 unspecified atom stereocenters. The highest BCUT2D eigenvalue weighted by molar-refractivity contribution is 6.28. The lowest BCUT2D eigenvalue weighted by molar-refractivity contribution is -0.163. The van der Waals surface area contributed by atoms with E-state index in [1.165, 1.54) is 0 Å². The molecule has 13 heavy (non-hydrogen) atoms. The van der Waals surface area contributed by atoms with Crippen LogP contribution in [0.2, 0.25) is 0 Å². The van der Waals surface area contributed by atoms with E-state index in [4.69, 9.17) is 5.11 Å². The van der Waals surface area contributed by atoms with Crippen molar-refractivity contribution >= 4 is 17.8 Å². The number of nitrogens with one attached hydrogen (secondary N) is 1. The fraction of sp³-hybridized carbons (Fsp3) is 0.286. The molecule has 0 aliphatic heterocycles. The Morgan fingerprint density at radius 1 is 1.46 bits per heavy atom. The van der Waals surface area contributed by atoms with Gasteiger partial charge >= 0.3 is 11.9 Å². The van der Waals surface area contributed by atoms with Crippen LogP contribution in [0.4, 0.5) is 0 Å². The first kappa shape index (κ1) is 11.2. The molecule has 0 bridgehead atoms. The van der Waals surface area contributed by atoms with Crippen LogP contribution in [-0.4, -0.2) is 36.1 Å². The molecule has 0 heterocycles. The highest BCUT2D eigenvalue weighted by Crippen LogP contribution is 1.77. The number of carbonyl (C=O) groups excluding carboxylic acids is 2. The zero-order valence-corrected chi connectivity index (χ0v) is 6.78. The standard InChI is InChI=1S/C7H9NO5/c1-2-5(9)8-3-4-13-7(12)6(10)11/h2H,1,3-4H2,(H,8,9)(H,10,11). The lowest BCUT2D eigenvalue weighted by Gasteiger charge is -2.01. The van der Waals surface area contributed by atoms with Crippen LogP contribution < -0.4 is 5.32 Å². The van der Waals surface area contributed by atoms with Crippen molar-refractivity contribution in [3.63, 3.8) is 0 Å². The molecule has 0 aliphatic carbocycles. The summed E-state index contributed by atoms with van der Waals surface area (Å²) in [6.07, 6.45) is 1.05. The predicted octanol–water partition coefficient (Wildman–Crippen LogP) is -1.08. The molecule has 0 aromatic rings. The maximum atomic E-state index is 10.5. The molecule has 0 atom stereocenters. The van der Waals surface area contributed by atoms with Gasteiger partial charge in [0.2, 0.25) is 5.91 Å². The van der Waals surface area contributed by atoms with Gasteiger partial charge in [-0.1, -0.05) is 6.58 Å². The van der Waals surface area contributed by atoms with Crippen molar-refractivity contribution in [2.75, 3.05) is 13.2 Å². The van der Waals surface area contributed by atoms with E-state index >= 15 is 0 Å². The van der Waals surface area contributed by atoms with Gasteiger partial charge < -0.3 is 15.2 Å². The maximum absolute atomic E-state index is 10.5. The molecule has 0 aromatic carbocycles. The van der Waals surface area contributed by atoms with E-state index in [-0.39, 0.29) is 13.2 Å². The van der Waals surface area contributed by atoms with Crippen molar-refractivity contribution in [3.05, 3.63) is 12.7 Å². The van der Waals surface area contributed by atoms with Crippen molar-refractivity contribution in [2.24, 2.45) is 0 Å². The lowest BCUT2D eigenvalue weighted by atomic mass is 10.5. The number of amides is 1. The first-order valence-electron chi connectivity index (χ1n) is 3.38. The minimum atomic E-state index is -1.66. The molecule has 72 valence electrons. The van der Waals surface area contributed by atoms with Crippen molar-refractivity contribution in [1.82, 2.24) is 5.32 Å². The molecular formula is C7H9NO5. The van der Waals surface area contributed by atoms with E-state index in [2.05, 4.69) is 16.6 Å². The minimum absolute atomic E-state index is 0.0594. The second-order valence-electron chi connectivity index (χ2n) is 1.94. The summed E-state index contributed by atoms with van der Waals surface area (Å²) >= 11 is 0. The Balaban J connectivity index is 3.46. The van der Waals surface area contributed by atoms with Crippen molar-refractivity contribution in [3.8, 4) is 0 Å². The van der Waals surface area contributed by atoms with Gasteiger partial charge in [-0.25, -0.2) is 9.59 Å². The number of rotatable bonds is 4. The molecule has 0 fully saturated rings. The van der Waals surface area contributed by atoms with Crippen LogP contribution in [0.1, 0.15) is 0 Å². The van der Waals surface area contributed by atoms with Crippen LogP contribution >= 0.6 is 0 Å². The van der Waals surface area contributed by atoms with Crippen LogP contribution in [0.25, 0.3) is 0 Å². The monoisotopic (exact) mass is 187 g/mol. The molecule has 0 aromatic heterocycles. The van der Waals surface area contributed by atoms with Crippen molar-refractivity contribution in [1.29, 1.82) is 0 Å². The number of carboxylic acid groups (broad SMARTS) is 1. The Bertz CT molecular complexity index is 235. The topological polar surface area (TPSA) is 92.7 Å². The quantitative estimate of drug-likeness (QED) is 0.252. The van der Waals surface area contributed by atoms with Gasteiger partial charge in [-0.2, -0.15) is 0 Å². The van der Waals surface area contributed by atoms with Gasteiger partial charge in [-0.3, -0.25) is 4.79 Å². The second kappa shape index (κ2) is 5.76. The summed E-state index contributed by atoms with van der Waals surface area (Å²) in [4.78, 5) is 30.7. The van der Waals surface area contributed by atoms with Gasteiger partial charge in [-0.15, -0.1) is 0 Å². The molecule has 6 heteroatoms. The normalized spacial score (nSPS) is 8.62. The Hall–Kier alpha value is -1.85. The zero-order chi connectivity index (χ0) is 10.3. The Kier molecular flexibility index (Phi) is 4.94. The first-order chi connectivity index (χ1) is 6.07. The van der Waals surface area contributed by atoms with Gasteiger partial charge in [0, 0.05) is 0 Å². The average molecular weight is 187 g/mol. The van der Waals surface area contributed by atoms with Gasteiger partial charge in [0.05, 0.1) is 6.54 Å². The summed E-state index contributed by atoms with van der Waals surface area (Å²) in [5, 5.41) is 10.4. The molecule has 0 saturated carbocycles. The van der Waals surface area contributed by atoms with Crippen LogP contribution in [0.5, 0.6) is 0 Å². The third-order valence-corrected chi connectivity index (χ3v) is 0.994. The molecule has 0 saturated heterocycles. The van der Waals surface area contributed by atoms with E-state index in [1.54, 1.807) is 0 Å². The summed E-state index contributed by atoms with van der Waals surface area (Å²) < 4.78 is 4.21.